The van der Waals surface area contributed by atoms with Gasteiger partial charge in [-0.2, -0.15) is 0 Å². The van der Waals surface area contributed by atoms with E-state index in [9.17, 15) is 4.79 Å². The van der Waals surface area contributed by atoms with Crippen molar-refractivity contribution in [3.8, 4) is 5.75 Å². The van der Waals surface area contributed by atoms with Crippen LogP contribution >= 0.6 is 11.3 Å². The summed E-state index contributed by atoms with van der Waals surface area (Å²) >= 11 is 1.46. The topological polar surface area (TPSA) is 67.0 Å². The summed E-state index contributed by atoms with van der Waals surface area (Å²) in [5.74, 6) is 1.04. The third-order valence-electron chi connectivity index (χ3n) is 4.17. The molecule has 132 valence electrons. The number of H-pyrrole nitrogens is 1. The Morgan fingerprint density at radius 3 is 2.92 bits per heavy atom. The molecule has 6 heteroatoms. The number of aromatic amines is 1. The smallest absolute Gasteiger partial charge is 0.263 e. The third kappa shape index (κ3) is 3.69. The van der Waals surface area contributed by atoms with Crippen LogP contribution in [0.1, 0.15) is 45.7 Å². The highest BCUT2D eigenvalue weighted by atomic mass is 32.1. The summed E-state index contributed by atoms with van der Waals surface area (Å²) in [5, 5.41) is 5.08. The van der Waals surface area contributed by atoms with Gasteiger partial charge in [0.15, 0.2) is 0 Å². The lowest BCUT2D eigenvalue weighted by atomic mass is 10.1. The van der Waals surface area contributed by atoms with Crippen LogP contribution in [0.25, 0.3) is 10.9 Å². The maximum absolute atomic E-state index is 12.5. The normalized spacial score (nSPS) is 11.2. The maximum Gasteiger partial charge on any atom is 0.263 e. The number of aromatic nitrogens is 2. The van der Waals surface area contributed by atoms with Crippen molar-refractivity contribution in [2.24, 2.45) is 0 Å². The molecule has 5 nitrogen and oxygen atoms in total. The van der Waals surface area contributed by atoms with Crippen molar-refractivity contribution in [3.05, 3.63) is 45.5 Å². The van der Waals surface area contributed by atoms with E-state index >= 15 is 0 Å². The second-order valence-corrected chi connectivity index (χ2v) is 7.54. The zero-order valence-corrected chi connectivity index (χ0v) is 15.8. The number of nitrogens with one attached hydrogen (secondary N) is 2. The Morgan fingerprint density at radius 1 is 1.40 bits per heavy atom. The molecule has 0 aliphatic carbocycles. The summed E-state index contributed by atoms with van der Waals surface area (Å²) in [5.41, 5.74) is 3.12. The quantitative estimate of drug-likeness (QED) is 0.700. The van der Waals surface area contributed by atoms with Gasteiger partial charge in [-0.25, -0.2) is 4.98 Å². The highest BCUT2D eigenvalue weighted by Crippen LogP contribution is 2.25. The van der Waals surface area contributed by atoms with E-state index in [-0.39, 0.29) is 11.8 Å². The molecule has 3 rings (SSSR count). The summed E-state index contributed by atoms with van der Waals surface area (Å²) < 4.78 is 5.30. The van der Waals surface area contributed by atoms with Gasteiger partial charge in [-0.05, 0) is 43.0 Å². The monoisotopic (exact) mass is 357 g/mol. The molecule has 1 amide bonds. The molecular weight excluding hydrogens is 334 g/mol. The van der Waals surface area contributed by atoms with Crippen LogP contribution in [-0.4, -0.2) is 29.5 Å². The average Bonchev–Trinajstić information content (AvgIpc) is 3.18. The fourth-order valence-electron chi connectivity index (χ4n) is 2.88. The largest absolute Gasteiger partial charge is 0.497 e. The van der Waals surface area contributed by atoms with Gasteiger partial charge in [0.2, 0.25) is 0 Å². The van der Waals surface area contributed by atoms with Crippen LogP contribution in [0, 0.1) is 6.92 Å². The highest BCUT2D eigenvalue weighted by Gasteiger charge is 2.18. The molecule has 3 aromatic rings. The first-order chi connectivity index (χ1) is 12.0. The van der Waals surface area contributed by atoms with E-state index in [0.717, 1.165) is 38.7 Å². The number of rotatable bonds is 6. The summed E-state index contributed by atoms with van der Waals surface area (Å²) in [6, 6.07) is 5.96. The average molecular weight is 357 g/mol. The first kappa shape index (κ1) is 17.5. The van der Waals surface area contributed by atoms with E-state index in [1.165, 1.54) is 16.9 Å². The highest BCUT2D eigenvalue weighted by molar-refractivity contribution is 7.13. The predicted molar refractivity (Wildman–Crippen MR) is 102 cm³/mol. The summed E-state index contributed by atoms with van der Waals surface area (Å²) in [7, 11) is 1.66. The Labute approximate surface area is 151 Å². The van der Waals surface area contributed by atoms with Crippen molar-refractivity contribution in [2.75, 3.05) is 13.7 Å². The number of thiazole rings is 1. The molecule has 2 N–H and O–H groups in total. The molecule has 2 heterocycles. The molecule has 0 atom stereocenters. The molecule has 0 aliphatic rings. The van der Waals surface area contributed by atoms with E-state index < -0.39 is 0 Å². The number of benzene rings is 1. The van der Waals surface area contributed by atoms with Gasteiger partial charge in [-0.3, -0.25) is 4.79 Å². The summed E-state index contributed by atoms with van der Waals surface area (Å²) in [6.45, 7) is 6.64. The molecule has 0 fully saturated rings. The van der Waals surface area contributed by atoms with Gasteiger partial charge in [0.1, 0.15) is 10.6 Å². The minimum absolute atomic E-state index is 0.0354. The lowest BCUT2D eigenvalue weighted by molar-refractivity contribution is 0.0956. The molecule has 25 heavy (non-hydrogen) atoms. The number of fused-ring (bicyclic) bond motifs is 1. The van der Waals surface area contributed by atoms with Crippen molar-refractivity contribution in [1.29, 1.82) is 0 Å². The molecule has 0 radical (unpaired) electrons. The molecule has 0 saturated heterocycles. The SMILES string of the molecule is COc1ccc2[nH]cc(CCNC(=O)c3sc(C)nc3C(C)C)c2c1. The van der Waals surface area contributed by atoms with Gasteiger partial charge in [0.25, 0.3) is 5.91 Å². The molecule has 0 spiro atoms. The van der Waals surface area contributed by atoms with E-state index in [2.05, 4.69) is 29.1 Å². The minimum atomic E-state index is -0.0354. The number of amides is 1. The Morgan fingerprint density at radius 2 is 2.20 bits per heavy atom. The number of ether oxygens (including phenoxy) is 1. The number of hydrogen-bond acceptors (Lipinski definition) is 4. The Bertz CT molecular complexity index is 895. The van der Waals surface area contributed by atoms with Crippen molar-refractivity contribution in [1.82, 2.24) is 15.3 Å². The van der Waals surface area contributed by atoms with Crippen molar-refractivity contribution in [2.45, 2.75) is 33.1 Å². The summed E-state index contributed by atoms with van der Waals surface area (Å²) in [4.78, 5) is 21.0. The fourth-order valence-corrected chi connectivity index (χ4v) is 3.87. The van der Waals surface area contributed by atoms with E-state index in [0.29, 0.717) is 6.54 Å². The van der Waals surface area contributed by atoms with Gasteiger partial charge in [-0.1, -0.05) is 13.8 Å². The van der Waals surface area contributed by atoms with E-state index in [4.69, 9.17) is 4.74 Å². The molecule has 2 aromatic heterocycles. The first-order valence-electron chi connectivity index (χ1n) is 8.39. The summed E-state index contributed by atoms with van der Waals surface area (Å²) in [6.07, 6.45) is 2.75. The molecular formula is C19H23N3O2S. The third-order valence-corrected chi connectivity index (χ3v) is 5.15. The van der Waals surface area contributed by atoms with E-state index in [1.807, 2.05) is 31.3 Å². The number of carbonyl (C=O) groups is 1. The number of carbonyl (C=O) groups excluding carboxylic acids is 1. The van der Waals surface area contributed by atoms with Crippen LogP contribution in [0.15, 0.2) is 24.4 Å². The van der Waals surface area contributed by atoms with Crippen LogP contribution in [0.5, 0.6) is 5.75 Å². The lowest BCUT2D eigenvalue weighted by Crippen LogP contribution is -2.26. The van der Waals surface area contributed by atoms with Crippen LogP contribution in [0.3, 0.4) is 0 Å². The zero-order chi connectivity index (χ0) is 18.0. The number of hydrogen-bond donors (Lipinski definition) is 2. The Hall–Kier alpha value is -2.34. The number of aryl methyl sites for hydroxylation is 1. The van der Waals surface area contributed by atoms with Crippen LogP contribution in [0.4, 0.5) is 0 Å². The fraction of sp³-hybridized carbons (Fsp3) is 0.368. The van der Waals surface area contributed by atoms with Gasteiger partial charge in [-0.15, -0.1) is 11.3 Å². The molecule has 0 bridgehead atoms. The standard InChI is InChI=1S/C19H23N3O2S/c1-11(2)17-18(25-12(3)22-17)19(23)20-8-7-13-10-21-16-6-5-14(24-4)9-15(13)16/h5-6,9-11,21H,7-8H2,1-4H3,(H,20,23). The molecule has 1 aromatic carbocycles. The van der Waals surface area contributed by atoms with Gasteiger partial charge < -0.3 is 15.0 Å². The van der Waals surface area contributed by atoms with Crippen LogP contribution < -0.4 is 10.1 Å². The predicted octanol–water partition coefficient (Wildman–Crippen LogP) is 4.04. The zero-order valence-electron chi connectivity index (χ0n) is 15.0. The molecule has 0 aliphatic heterocycles. The maximum atomic E-state index is 12.5. The second-order valence-electron chi connectivity index (χ2n) is 6.33. The van der Waals surface area contributed by atoms with Gasteiger partial charge in [0.05, 0.1) is 17.8 Å². The Balaban J connectivity index is 1.68. The Kier molecular flexibility index (Phi) is 5.08. The van der Waals surface area contributed by atoms with E-state index in [1.54, 1.807) is 7.11 Å². The number of nitrogens with zero attached hydrogens (tertiary/aromatic N) is 1. The molecule has 0 saturated carbocycles. The van der Waals surface area contributed by atoms with Crippen molar-refractivity contribution >= 4 is 28.1 Å². The second kappa shape index (κ2) is 7.27. The molecule has 0 unspecified atom stereocenters. The lowest BCUT2D eigenvalue weighted by Gasteiger charge is -2.07. The van der Waals surface area contributed by atoms with Gasteiger partial charge in [0, 0.05) is 23.6 Å². The number of methoxy groups -OCH3 is 1. The first-order valence-corrected chi connectivity index (χ1v) is 9.20. The minimum Gasteiger partial charge on any atom is -0.497 e. The van der Waals surface area contributed by atoms with Crippen molar-refractivity contribution in [3.63, 3.8) is 0 Å². The van der Waals surface area contributed by atoms with Crippen LogP contribution in [0.2, 0.25) is 0 Å². The van der Waals surface area contributed by atoms with Crippen molar-refractivity contribution < 1.29 is 9.53 Å². The van der Waals surface area contributed by atoms with Gasteiger partial charge >= 0.3 is 0 Å². The van der Waals surface area contributed by atoms with Crippen LogP contribution in [-0.2, 0) is 6.42 Å².